The number of halogens is 1. The summed E-state index contributed by atoms with van der Waals surface area (Å²) in [4.78, 5) is 36.1. The SMILES string of the molecule is Cc1ccc(C(=O)NCC(=O)OCc2ccc(C(=O)Oc3ccc(Cl)cc3)cc2)cc1. The molecule has 0 spiro atoms. The number of amides is 1. The van der Waals surface area contributed by atoms with Gasteiger partial charge in [-0.1, -0.05) is 41.4 Å². The zero-order chi connectivity index (χ0) is 22.2. The van der Waals surface area contributed by atoms with Crippen LogP contribution in [0.4, 0.5) is 0 Å². The lowest BCUT2D eigenvalue weighted by molar-refractivity contribution is -0.143. The van der Waals surface area contributed by atoms with Crippen molar-refractivity contribution in [1.29, 1.82) is 0 Å². The smallest absolute Gasteiger partial charge is 0.343 e. The van der Waals surface area contributed by atoms with Gasteiger partial charge in [-0.2, -0.15) is 0 Å². The normalized spacial score (nSPS) is 10.3. The van der Waals surface area contributed by atoms with Crippen molar-refractivity contribution in [3.05, 3.63) is 100 Å². The highest BCUT2D eigenvalue weighted by molar-refractivity contribution is 6.30. The van der Waals surface area contributed by atoms with Crippen molar-refractivity contribution in [3.8, 4) is 5.75 Å². The molecule has 0 aromatic heterocycles. The Balaban J connectivity index is 1.44. The molecule has 0 aliphatic carbocycles. The molecule has 0 aliphatic heterocycles. The number of ether oxygens (including phenoxy) is 2. The van der Waals surface area contributed by atoms with Crippen LogP contribution < -0.4 is 10.1 Å². The predicted molar refractivity (Wildman–Crippen MR) is 116 cm³/mol. The number of carbonyl (C=O) groups is 3. The van der Waals surface area contributed by atoms with Gasteiger partial charge in [0.1, 0.15) is 18.9 Å². The Bertz CT molecular complexity index is 1060. The van der Waals surface area contributed by atoms with Crippen molar-refractivity contribution in [3.63, 3.8) is 0 Å². The minimum Gasteiger partial charge on any atom is -0.460 e. The quantitative estimate of drug-likeness (QED) is 0.439. The molecule has 3 rings (SSSR count). The van der Waals surface area contributed by atoms with Crippen LogP contribution in [0, 0.1) is 6.92 Å². The maximum absolute atomic E-state index is 12.2. The van der Waals surface area contributed by atoms with E-state index in [9.17, 15) is 14.4 Å². The number of esters is 2. The summed E-state index contributed by atoms with van der Waals surface area (Å²) in [6.45, 7) is 1.71. The summed E-state index contributed by atoms with van der Waals surface area (Å²) in [5.41, 5.74) is 2.57. The summed E-state index contributed by atoms with van der Waals surface area (Å²) in [5.74, 6) is -1.03. The van der Waals surface area contributed by atoms with Crippen LogP contribution >= 0.6 is 11.6 Å². The molecular weight excluding hydrogens is 418 g/mol. The molecule has 0 fully saturated rings. The number of nitrogens with one attached hydrogen (secondary N) is 1. The molecule has 0 radical (unpaired) electrons. The molecule has 1 N–H and O–H groups in total. The number of carbonyl (C=O) groups excluding carboxylic acids is 3. The maximum Gasteiger partial charge on any atom is 0.343 e. The summed E-state index contributed by atoms with van der Waals surface area (Å²) < 4.78 is 10.4. The van der Waals surface area contributed by atoms with Crippen LogP contribution in [-0.4, -0.2) is 24.4 Å². The largest absolute Gasteiger partial charge is 0.460 e. The molecule has 1 amide bonds. The first-order valence-electron chi connectivity index (χ1n) is 9.48. The lowest BCUT2D eigenvalue weighted by Gasteiger charge is -2.08. The molecule has 0 saturated carbocycles. The average molecular weight is 438 g/mol. The van der Waals surface area contributed by atoms with Gasteiger partial charge in [-0.05, 0) is 61.0 Å². The van der Waals surface area contributed by atoms with E-state index in [0.717, 1.165) is 5.56 Å². The average Bonchev–Trinajstić information content (AvgIpc) is 2.78. The van der Waals surface area contributed by atoms with E-state index >= 15 is 0 Å². The summed E-state index contributed by atoms with van der Waals surface area (Å²) in [5, 5.41) is 3.07. The number of hydrogen-bond donors (Lipinski definition) is 1. The van der Waals surface area contributed by atoms with Crippen LogP contribution in [0.1, 0.15) is 31.8 Å². The molecular formula is C24H20ClNO5. The van der Waals surface area contributed by atoms with Crippen molar-refractivity contribution in [1.82, 2.24) is 5.32 Å². The van der Waals surface area contributed by atoms with Crippen LogP contribution in [0.3, 0.4) is 0 Å². The van der Waals surface area contributed by atoms with E-state index in [4.69, 9.17) is 21.1 Å². The highest BCUT2D eigenvalue weighted by atomic mass is 35.5. The zero-order valence-electron chi connectivity index (χ0n) is 16.8. The van der Waals surface area contributed by atoms with E-state index in [0.29, 0.717) is 27.5 Å². The standard InChI is InChI=1S/C24H20ClNO5/c1-16-2-6-18(7-3-16)23(28)26-14-22(27)30-15-17-4-8-19(9-5-17)24(29)31-21-12-10-20(25)11-13-21/h2-13H,14-15H2,1H3,(H,26,28). The van der Waals surface area contributed by atoms with Crippen molar-refractivity contribution in [2.75, 3.05) is 6.54 Å². The van der Waals surface area contributed by atoms with Gasteiger partial charge in [-0.3, -0.25) is 9.59 Å². The molecule has 3 aromatic rings. The Morgan fingerprint density at radius 2 is 1.45 bits per heavy atom. The van der Waals surface area contributed by atoms with E-state index in [1.807, 2.05) is 19.1 Å². The van der Waals surface area contributed by atoms with Gasteiger partial charge in [-0.25, -0.2) is 4.79 Å². The van der Waals surface area contributed by atoms with E-state index in [1.54, 1.807) is 60.7 Å². The maximum atomic E-state index is 12.2. The van der Waals surface area contributed by atoms with E-state index in [2.05, 4.69) is 5.32 Å². The van der Waals surface area contributed by atoms with Crippen molar-refractivity contribution in [2.45, 2.75) is 13.5 Å². The lowest BCUT2D eigenvalue weighted by Crippen LogP contribution is -2.30. The number of hydrogen-bond acceptors (Lipinski definition) is 5. The fourth-order valence-electron chi connectivity index (χ4n) is 2.58. The Morgan fingerprint density at radius 1 is 0.839 bits per heavy atom. The van der Waals surface area contributed by atoms with E-state index in [-0.39, 0.29) is 19.1 Å². The number of aryl methyl sites for hydroxylation is 1. The monoisotopic (exact) mass is 437 g/mol. The first-order chi connectivity index (χ1) is 14.9. The molecule has 0 bridgehead atoms. The molecule has 0 heterocycles. The molecule has 0 saturated heterocycles. The molecule has 0 unspecified atom stereocenters. The first kappa shape index (κ1) is 22.1. The third kappa shape index (κ3) is 6.69. The van der Waals surface area contributed by atoms with Gasteiger partial charge < -0.3 is 14.8 Å². The van der Waals surface area contributed by atoms with Gasteiger partial charge in [0.05, 0.1) is 5.56 Å². The molecule has 0 atom stereocenters. The Kier molecular flexibility index (Phi) is 7.40. The Morgan fingerprint density at radius 3 is 2.10 bits per heavy atom. The molecule has 6 nitrogen and oxygen atoms in total. The fraction of sp³-hybridized carbons (Fsp3) is 0.125. The molecule has 7 heteroatoms. The molecule has 158 valence electrons. The van der Waals surface area contributed by atoms with Crippen molar-refractivity contribution in [2.24, 2.45) is 0 Å². The van der Waals surface area contributed by atoms with Crippen LogP contribution in [-0.2, 0) is 16.1 Å². The lowest BCUT2D eigenvalue weighted by atomic mass is 10.1. The van der Waals surface area contributed by atoms with Crippen molar-refractivity contribution >= 4 is 29.4 Å². The van der Waals surface area contributed by atoms with Gasteiger partial charge in [0.25, 0.3) is 5.91 Å². The third-order valence-corrected chi connectivity index (χ3v) is 4.57. The second kappa shape index (κ2) is 10.4. The third-order valence-electron chi connectivity index (χ3n) is 4.32. The second-order valence-corrected chi connectivity index (χ2v) is 7.19. The summed E-state index contributed by atoms with van der Waals surface area (Å²) >= 11 is 5.81. The highest BCUT2D eigenvalue weighted by Gasteiger charge is 2.11. The van der Waals surface area contributed by atoms with Crippen LogP contribution in [0.2, 0.25) is 5.02 Å². The molecule has 31 heavy (non-hydrogen) atoms. The van der Waals surface area contributed by atoms with Gasteiger partial charge in [0.15, 0.2) is 0 Å². The second-order valence-electron chi connectivity index (χ2n) is 6.75. The first-order valence-corrected chi connectivity index (χ1v) is 9.86. The van der Waals surface area contributed by atoms with Gasteiger partial charge in [0, 0.05) is 10.6 Å². The summed E-state index contributed by atoms with van der Waals surface area (Å²) in [7, 11) is 0. The van der Waals surface area contributed by atoms with Gasteiger partial charge in [-0.15, -0.1) is 0 Å². The molecule has 3 aromatic carbocycles. The topological polar surface area (TPSA) is 81.7 Å². The number of rotatable bonds is 7. The van der Waals surface area contributed by atoms with Crippen LogP contribution in [0.5, 0.6) is 5.75 Å². The summed E-state index contributed by atoms with van der Waals surface area (Å²) in [6, 6.07) is 20.0. The highest BCUT2D eigenvalue weighted by Crippen LogP contribution is 2.17. The van der Waals surface area contributed by atoms with Gasteiger partial charge >= 0.3 is 11.9 Å². The predicted octanol–water partition coefficient (Wildman–Crippen LogP) is 4.34. The van der Waals surface area contributed by atoms with Gasteiger partial charge in [0.2, 0.25) is 0 Å². The number of benzene rings is 3. The Labute approximate surface area is 184 Å². The Hall–Kier alpha value is -3.64. The van der Waals surface area contributed by atoms with Crippen LogP contribution in [0.15, 0.2) is 72.8 Å². The van der Waals surface area contributed by atoms with E-state index in [1.165, 1.54) is 0 Å². The minimum atomic E-state index is -0.563. The van der Waals surface area contributed by atoms with Crippen LogP contribution in [0.25, 0.3) is 0 Å². The zero-order valence-corrected chi connectivity index (χ0v) is 17.5. The van der Waals surface area contributed by atoms with Crippen molar-refractivity contribution < 1.29 is 23.9 Å². The molecule has 0 aliphatic rings. The minimum absolute atomic E-state index is 0.0196. The van der Waals surface area contributed by atoms with E-state index < -0.39 is 11.9 Å². The summed E-state index contributed by atoms with van der Waals surface area (Å²) in [6.07, 6.45) is 0. The fourth-order valence-corrected chi connectivity index (χ4v) is 2.71.